The van der Waals surface area contributed by atoms with Gasteiger partial charge in [0.25, 0.3) is 0 Å². The SMILES string of the molecule is Cc1n[nH]c(C)c1NC(C)c1cccc2ccccc12. The maximum Gasteiger partial charge on any atom is 0.0825 e. The van der Waals surface area contributed by atoms with Crippen molar-refractivity contribution in [3.05, 3.63) is 59.4 Å². The van der Waals surface area contributed by atoms with Crippen molar-refractivity contribution in [1.82, 2.24) is 10.2 Å². The van der Waals surface area contributed by atoms with Crippen LogP contribution in [0.3, 0.4) is 0 Å². The van der Waals surface area contributed by atoms with Crippen LogP contribution in [-0.2, 0) is 0 Å². The van der Waals surface area contributed by atoms with Crippen LogP contribution < -0.4 is 5.32 Å². The molecule has 2 aromatic carbocycles. The van der Waals surface area contributed by atoms with Gasteiger partial charge in [0.05, 0.1) is 17.1 Å². The third-order valence-corrected chi connectivity index (χ3v) is 3.78. The van der Waals surface area contributed by atoms with E-state index in [1.54, 1.807) is 0 Å². The van der Waals surface area contributed by atoms with E-state index in [-0.39, 0.29) is 6.04 Å². The molecule has 0 radical (unpaired) electrons. The number of nitrogens with zero attached hydrogens (tertiary/aromatic N) is 1. The van der Waals surface area contributed by atoms with Crippen molar-refractivity contribution in [1.29, 1.82) is 0 Å². The summed E-state index contributed by atoms with van der Waals surface area (Å²) in [7, 11) is 0. The van der Waals surface area contributed by atoms with E-state index in [0.29, 0.717) is 0 Å². The second-order valence-corrected chi connectivity index (χ2v) is 5.24. The summed E-state index contributed by atoms with van der Waals surface area (Å²) in [5, 5.41) is 13.4. The molecule has 0 saturated carbocycles. The van der Waals surface area contributed by atoms with Gasteiger partial charge in [0, 0.05) is 6.04 Å². The highest BCUT2D eigenvalue weighted by molar-refractivity contribution is 5.86. The Labute approximate surface area is 119 Å². The standard InChI is InChI=1S/C17H19N3/c1-11(18-17-12(2)19-20-13(17)3)15-10-6-8-14-7-4-5-9-16(14)15/h4-11,18H,1-3H3,(H,19,20). The average Bonchev–Trinajstić information content (AvgIpc) is 2.78. The molecule has 0 fully saturated rings. The number of nitrogens with one attached hydrogen (secondary N) is 2. The molecule has 0 amide bonds. The zero-order valence-corrected chi connectivity index (χ0v) is 12.1. The zero-order valence-electron chi connectivity index (χ0n) is 12.1. The highest BCUT2D eigenvalue weighted by Crippen LogP contribution is 2.28. The lowest BCUT2D eigenvalue weighted by molar-refractivity contribution is 0.890. The van der Waals surface area contributed by atoms with Crippen molar-refractivity contribution < 1.29 is 0 Å². The lowest BCUT2D eigenvalue weighted by Crippen LogP contribution is -2.08. The number of H-pyrrole nitrogens is 1. The molecule has 3 heteroatoms. The Kier molecular flexibility index (Phi) is 3.18. The number of fused-ring (bicyclic) bond motifs is 1. The number of rotatable bonds is 3. The predicted molar refractivity (Wildman–Crippen MR) is 84.0 cm³/mol. The second-order valence-electron chi connectivity index (χ2n) is 5.24. The van der Waals surface area contributed by atoms with Crippen LogP contribution in [-0.4, -0.2) is 10.2 Å². The van der Waals surface area contributed by atoms with Gasteiger partial charge in [0.2, 0.25) is 0 Å². The molecular weight excluding hydrogens is 246 g/mol. The molecule has 3 aromatic rings. The molecule has 0 aliphatic carbocycles. The summed E-state index contributed by atoms with van der Waals surface area (Å²) in [6.45, 7) is 6.24. The molecule has 1 atom stereocenters. The monoisotopic (exact) mass is 265 g/mol. The van der Waals surface area contributed by atoms with Crippen LogP contribution >= 0.6 is 0 Å². The van der Waals surface area contributed by atoms with Crippen LogP contribution in [0.1, 0.15) is 29.9 Å². The van der Waals surface area contributed by atoms with E-state index in [2.05, 4.69) is 64.9 Å². The van der Waals surface area contributed by atoms with Crippen molar-refractivity contribution in [2.45, 2.75) is 26.8 Å². The van der Waals surface area contributed by atoms with E-state index in [1.807, 2.05) is 13.8 Å². The molecule has 102 valence electrons. The summed E-state index contributed by atoms with van der Waals surface area (Å²) < 4.78 is 0. The molecule has 0 aliphatic heterocycles. The van der Waals surface area contributed by atoms with Crippen LogP contribution in [0.5, 0.6) is 0 Å². The van der Waals surface area contributed by atoms with E-state index in [4.69, 9.17) is 0 Å². The quantitative estimate of drug-likeness (QED) is 0.739. The Balaban J connectivity index is 1.99. The minimum absolute atomic E-state index is 0.232. The minimum Gasteiger partial charge on any atom is -0.376 e. The Morgan fingerprint density at radius 2 is 1.80 bits per heavy atom. The Morgan fingerprint density at radius 3 is 2.55 bits per heavy atom. The Hall–Kier alpha value is -2.29. The summed E-state index contributed by atoms with van der Waals surface area (Å²) in [5.41, 5.74) is 4.50. The molecule has 1 aromatic heterocycles. The molecule has 0 spiro atoms. The van der Waals surface area contributed by atoms with Gasteiger partial charge in [-0.2, -0.15) is 5.10 Å². The minimum atomic E-state index is 0.232. The van der Waals surface area contributed by atoms with Crippen LogP contribution in [0.4, 0.5) is 5.69 Å². The van der Waals surface area contributed by atoms with Gasteiger partial charge < -0.3 is 5.32 Å². The predicted octanol–water partition coefficient (Wildman–Crippen LogP) is 4.35. The van der Waals surface area contributed by atoms with Gasteiger partial charge in [-0.1, -0.05) is 42.5 Å². The Bertz CT molecular complexity index is 718. The average molecular weight is 265 g/mol. The van der Waals surface area contributed by atoms with E-state index in [0.717, 1.165) is 17.1 Å². The third-order valence-electron chi connectivity index (χ3n) is 3.78. The second kappa shape index (κ2) is 5.00. The van der Waals surface area contributed by atoms with Crippen LogP contribution in [0.25, 0.3) is 10.8 Å². The first-order valence-corrected chi connectivity index (χ1v) is 6.92. The molecular formula is C17H19N3. The fourth-order valence-electron chi connectivity index (χ4n) is 2.69. The number of aromatic nitrogens is 2. The van der Waals surface area contributed by atoms with Gasteiger partial charge in [0.1, 0.15) is 0 Å². The van der Waals surface area contributed by atoms with Gasteiger partial charge in [-0.05, 0) is 37.1 Å². The summed E-state index contributed by atoms with van der Waals surface area (Å²) in [5.74, 6) is 0. The van der Waals surface area contributed by atoms with Crippen LogP contribution in [0.15, 0.2) is 42.5 Å². The number of hydrogen-bond acceptors (Lipinski definition) is 2. The summed E-state index contributed by atoms with van der Waals surface area (Å²) in [6.07, 6.45) is 0. The molecule has 20 heavy (non-hydrogen) atoms. The molecule has 0 saturated heterocycles. The molecule has 1 heterocycles. The largest absolute Gasteiger partial charge is 0.376 e. The lowest BCUT2D eigenvalue weighted by Gasteiger charge is -2.18. The highest BCUT2D eigenvalue weighted by atomic mass is 15.2. The van der Waals surface area contributed by atoms with Gasteiger partial charge in [-0.15, -0.1) is 0 Å². The lowest BCUT2D eigenvalue weighted by atomic mass is 9.99. The maximum absolute atomic E-state index is 4.24. The van der Waals surface area contributed by atoms with E-state index >= 15 is 0 Å². The van der Waals surface area contributed by atoms with Gasteiger partial charge in [-0.3, -0.25) is 5.10 Å². The topological polar surface area (TPSA) is 40.7 Å². The van der Waals surface area contributed by atoms with Crippen LogP contribution in [0, 0.1) is 13.8 Å². The molecule has 3 rings (SSSR count). The first-order valence-electron chi connectivity index (χ1n) is 6.92. The smallest absolute Gasteiger partial charge is 0.0825 e. The van der Waals surface area contributed by atoms with Crippen molar-refractivity contribution >= 4 is 16.5 Å². The Morgan fingerprint density at radius 1 is 1.05 bits per heavy atom. The van der Waals surface area contributed by atoms with Crippen LogP contribution in [0.2, 0.25) is 0 Å². The van der Waals surface area contributed by atoms with E-state index in [1.165, 1.54) is 16.3 Å². The van der Waals surface area contributed by atoms with Crippen molar-refractivity contribution in [2.24, 2.45) is 0 Å². The third kappa shape index (κ3) is 2.16. The molecule has 1 unspecified atom stereocenters. The zero-order chi connectivity index (χ0) is 14.1. The van der Waals surface area contributed by atoms with Crippen molar-refractivity contribution in [3.8, 4) is 0 Å². The van der Waals surface area contributed by atoms with Gasteiger partial charge in [0.15, 0.2) is 0 Å². The first kappa shape index (κ1) is 12.7. The summed E-state index contributed by atoms with van der Waals surface area (Å²) in [4.78, 5) is 0. The maximum atomic E-state index is 4.24. The molecule has 0 aliphatic rings. The van der Waals surface area contributed by atoms with E-state index in [9.17, 15) is 0 Å². The summed E-state index contributed by atoms with van der Waals surface area (Å²) in [6, 6.07) is 15.2. The summed E-state index contributed by atoms with van der Waals surface area (Å²) >= 11 is 0. The van der Waals surface area contributed by atoms with Gasteiger partial charge >= 0.3 is 0 Å². The number of anilines is 1. The van der Waals surface area contributed by atoms with Gasteiger partial charge in [-0.25, -0.2) is 0 Å². The van der Waals surface area contributed by atoms with Crippen molar-refractivity contribution in [2.75, 3.05) is 5.32 Å². The first-order chi connectivity index (χ1) is 9.66. The fraction of sp³-hybridized carbons (Fsp3) is 0.235. The molecule has 0 bridgehead atoms. The highest BCUT2D eigenvalue weighted by Gasteiger charge is 2.13. The van der Waals surface area contributed by atoms with E-state index < -0.39 is 0 Å². The number of aryl methyl sites for hydroxylation is 2. The normalized spacial score (nSPS) is 12.6. The molecule has 2 N–H and O–H groups in total. The fourth-order valence-corrected chi connectivity index (χ4v) is 2.69. The van der Waals surface area contributed by atoms with Crippen molar-refractivity contribution in [3.63, 3.8) is 0 Å². The number of aromatic amines is 1. The number of hydrogen-bond donors (Lipinski definition) is 2. The number of benzene rings is 2. The molecule has 3 nitrogen and oxygen atoms in total.